The summed E-state index contributed by atoms with van der Waals surface area (Å²) >= 11 is 0. The van der Waals surface area contributed by atoms with E-state index in [2.05, 4.69) is 17.5 Å². The van der Waals surface area contributed by atoms with Gasteiger partial charge in [-0.15, -0.1) is 12.3 Å². The van der Waals surface area contributed by atoms with Gasteiger partial charge in [0.05, 0.1) is 25.4 Å². The van der Waals surface area contributed by atoms with Crippen LogP contribution in [0.2, 0.25) is 0 Å². The first-order valence-electron chi connectivity index (χ1n) is 13.3. The van der Waals surface area contributed by atoms with E-state index >= 15 is 0 Å². The Kier molecular flexibility index (Phi) is 11.8. The molecule has 0 bridgehead atoms. The second-order valence-corrected chi connectivity index (χ2v) is 11.7. The summed E-state index contributed by atoms with van der Waals surface area (Å²) in [4.78, 5) is 40.3. The lowest BCUT2D eigenvalue weighted by atomic mass is 9.80. The van der Waals surface area contributed by atoms with Crippen LogP contribution in [0.5, 0.6) is 0 Å². The van der Waals surface area contributed by atoms with E-state index in [1.54, 1.807) is 0 Å². The molecule has 0 amide bonds. The Bertz CT molecular complexity index is 1240. The minimum absolute atomic E-state index is 0.0471. The largest absolute Gasteiger partial charge is 0.477 e. The number of phosphoric acid groups is 1. The van der Waals surface area contributed by atoms with E-state index in [0.717, 1.165) is 0 Å². The van der Waals surface area contributed by atoms with Crippen LogP contribution < -0.4 is 5.73 Å². The maximum atomic E-state index is 13.0. The normalized spacial score (nSPS) is 35.0. The van der Waals surface area contributed by atoms with Gasteiger partial charge in [-0.1, -0.05) is 6.58 Å². The van der Waals surface area contributed by atoms with Crippen molar-refractivity contribution in [2.75, 3.05) is 13.2 Å². The van der Waals surface area contributed by atoms with E-state index < -0.39 is 106 Å². The van der Waals surface area contributed by atoms with E-state index in [-0.39, 0.29) is 24.5 Å². The Labute approximate surface area is 251 Å². The average molecular weight is 650 g/mol. The maximum absolute atomic E-state index is 13.0. The number of hydrogen-bond donors (Lipinski definition) is 9. The molecule has 3 unspecified atom stereocenters. The molecule has 19 heteroatoms. The van der Waals surface area contributed by atoms with E-state index in [9.17, 15) is 54.8 Å². The predicted molar refractivity (Wildman–Crippen MR) is 145 cm³/mol. The highest BCUT2D eigenvalue weighted by Crippen LogP contribution is 2.52. The third kappa shape index (κ3) is 8.09. The number of Topliss-reactive ketones (excluding diaryl/α,β-unsaturated/α-hetero) is 1. The topological polar surface area (TPSA) is 292 Å². The Morgan fingerprint density at radius 2 is 2.00 bits per heavy atom. The van der Waals surface area contributed by atoms with Crippen LogP contribution in [0.25, 0.3) is 0 Å². The number of carbonyl (C=O) groups is 2. The fraction of sp³-hybridized carbons (Fsp3) is 0.640. The zero-order chi connectivity index (χ0) is 33.0. The van der Waals surface area contributed by atoms with Gasteiger partial charge in [-0.25, -0.2) is 18.9 Å². The molecule has 0 saturated carbocycles. The van der Waals surface area contributed by atoms with Crippen molar-refractivity contribution >= 4 is 25.4 Å². The molecule has 3 aliphatic heterocycles. The summed E-state index contributed by atoms with van der Waals surface area (Å²) in [5.41, 5.74) is 5.59. The molecule has 0 aromatic rings. The van der Waals surface area contributed by atoms with Crippen LogP contribution in [-0.4, -0.2) is 131 Å². The minimum atomic E-state index is -5.48. The number of aliphatic hydroxyl groups is 6. The first kappa shape index (κ1) is 35.7. The predicted octanol–water partition coefficient (Wildman–Crippen LogP) is -3.14. The molecule has 3 rings (SSSR count). The molecule has 3 aliphatic rings. The van der Waals surface area contributed by atoms with E-state index in [0.29, 0.717) is 0 Å². The van der Waals surface area contributed by atoms with E-state index in [1.807, 2.05) is 0 Å². The monoisotopic (exact) mass is 649 g/mol. The standard InChI is InChI=1S/C25H36N3O15P/c1-3-4-5-13(30)8-14-15(31)9-25(24(36)37,42-22(14)19(33)16(32)10-29)43-44(38,39)40-11-17-20(34)21(35)23(41-17)28-7-6-18(26)27-12(28)2/h1,6-7,14-17,19-23,29,31-35H,2,4-5,8-11H2,(H2,26,27)(H,36,37)(H,38,39)/t14-,15-,16-,17-,19-,20?,21+,22?,23-,25-/m1/s1. The van der Waals surface area contributed by atoms with Crippen molar-refractivity contribution in [1.29, 1.82) is 0 Å². The molecule has 3 heterocycles. The Morgan fingerprint density at radius 3 is 2.59 bits per heavy atom. The molecule has 18 nitrogen and oxygen atoms in total. The zero-order valence-electron chi connectivity index (χ0n) is 23.2. The third-order valence-electron chi connectivity index (χ3n) is 7.21. The molecular formula is C25H36N3O15P. The molecule has 0 radical (unpaired) electrons. The number of carboxylic acid groups (broad SMARTS) is 1. The van der Waals surface area contributed by atoms with Gasteiger partial charge in [-0.3, -0.25) is 9.32 Å². The molecule has 44 heavy (non-hydrogen) atoms. The fourth-order valence-electron chi connectivity index (χ4n) is 4.91. The number of hydrogen-bond acceptors (Lipinski definition) is 16. The van der Waals surface area contributed by atoms with Crippen molar-refractivity contribution in [3.05, 3.63) is 24.7 Å². The smallest absolute Gasteiger partial charge is 0.475 e. The summed E-state index contributed by atoms with van der Waals surface area (Å²) in [6.45, 7) is 1.69. The SMILES string of the molecule is C#CCCC(=O)C[C@H]1C([C@H](O)[C@H](O)CO)O[C@](OP(=O)(O)OC[C@H]2O[C@@H](N3C=CC(N)=NC3=C)[C@@H](O)C2O)(C(=O)O)C[C@H]1O. The lowest BCUT2D eigenvalue weighted by molar-refractivity contribution is -0.298. The molecule has 2 fully saturated rings. The van der Waals surface area contributed by atoms with Crippen LogP contribution in [0.3, 0.4) is 0 Å². The number of nitrogens with two attached hydrogens (primary N) is 1. The summed E-state index contributed by atoms with van der Waals surface area (Å²) in [7, 11) is -5.48. The highest BCUT2D eigenvalue weighted by Gasteiger charge is 2.58. The van der Waals surface area contributed by atoms with Crippen molar-refractivity contribution in [2.24, 2.45) is 16.6 Å². The van der Waals surface area contributed by atoms with Crippen molar-refractivity contribution in [3.63, 3.8) is 0 Å². The number of rotatable bonds is 14. The fourth-order valence-corrected chi connectivity index (χ4v) is 5.87. The number of aliphatic imine (C=N–C) groups is 1. The van der Waals surface area contributed by atoms with Crippen LogP contribution in [0.4, 0.5) is 0 Å². The van der Waals surface area contributed by atoms with Crippen molar-refractivity contribution in [3.8, 4) is 12.3 Å². The van der Waals surface area contributed by atoms with Gasteiger partial charge in [0.1, 0.15) is 48.0 Å². The molecule has 246 valence electrons. The minimum Gasteiger partial charge on any atom is -0.477 e. The lowest BCUT2D eigenvalue weighted by Gasteiger charge is -2.46. The number of nitrogens with zero attached hydrogens (tertiary/aromatic N) is 2. The highest BCUT2D eigenvalue weighted by atomic mass is 31.2. The van der Waals surface area contributed by atoms with Gasteiger partial charge in [-0.05, 0) is 6.08 Å². The molecular weight excluding hydrogens is 613 g/mol. The van der Waals surface area contributed by atoms with Gasteiger partial charge < -0.3 is 60.7 Å². The Balaban J connectivity index is 1.77. The van der Waals surface area contributed by atoms with E-state index in [4.69, 9.17) is 30.7 Å². The summed E-state index contributed by atoms with van der Waals surface area (Å²) in [6, 6.07) is 0. The number of terminal acetylenes is 1. The van der Waals surface area contributed by atoms with Crippen LogP contribution in [0.1, 0.15) is 25.7 Å². The molecule has 0 aromatic heterocycles. The van der Waals surface area contributed by atoms with Crippen LogP contribution in [0, 0.1) is 18.3 Å². The number of carbonyl (C=O) groups excluding carboxylic acids is 1. The highest BCUT2D eigenvalue weighted by molar-refractivity contribution is 7.47. The zero-order valence-corrected chi connectivity index (χ0v) is 24.1. The molecule has 11 atom stereocenters. The quantitative estimate of drug-likeness (QED) is 0.0663. The maximum Gasteiger partial charge on any atom is 0.475 e. The van der Waals surface area contributed by atoms with E-state index in [1.165, 1.54) is 17.2 Å². The van der Waals surface area contributed by atoms with Gasteiger partial charge in [0.2, 0.25) is 0 Å². The van der Waals surface area contributed by atoms with Crippen molar-refractivity contribution in [2.45, 2.75) is 80.4 Å². The first-order chi connectivity index (χ1) is 20.6. The number of ketones is 1. The lowest BCUT2D eigenvalue weighted by Crippen LogP contribution is -2.61. The number of amidine groups is 1. The molecule has 0 aliphatic carbocycles. The number of carboxylic acids is 1. The van der Waals surface area contributed by atoms with Gasteiger partial charge in [0, 0.05) is 37.8 Å². The van der Waals surface area contributed by atoms with Crippen molar-refractivity contribution in [1.82, 2.24) is 4.90 Å². The third-order valence-corrected chi connectivity index (χ3v) is 8.22. The molecule has 2 saturated heterocycles. The summed E-state index contributed by atoms with van der Waals surface area (Å²) in [5.74, 6) is -4.66. The Hall–Kier alpha value is -2.76. The van der Waals surface area contributed by atoms with Gasteiger partial charge in [0.25, 0.3) is 5.79 Å². The van der Waals surface area contributed by atoms with Crippen molar-refractivity contribution < 1.29 is 73.3 Å². The van der Waals surface area contributed by atoms with Gasteiger partial charge >= 0.3 is 13.8 Å². The van der Waals surface area contributed by atoms with Crippen LogP contribution >= 0.6 is 7.82 Å². The number of ether oxygens (including phenoxy) is 2. The van der Waals surface area contributed by atoms with Gasteiger partial charge in [-0.2, -0.15) is 0 Å². The number of aliphatic carboxylic acids is 1. The number of phosphoric ester groups is 1. The summed E-state index contributed by atoms with van der Waals surface area (Å²) in [6.07, 6.45) is -7.52. The molecule has 0 aromatic carbocycles. The van der Waals surface area contributed by atoms with Crippen LogP contribution in [0.15, 0.2) is 29.7 Å². The van der Waals surface area contributed by atoms with Gasteiger partial charge in [0.15, 0.2) is 6.23 Å². The molecule has 10 N–H and O–H groups in total. The molecule has 0 spiro atoms. The first-order valence-corrected chi connectivity index (χ1v) is 14.8. The average Bonchev–Trinajstić information content (AvgIpc) is 3.23. The second-order valence-electron chi connectivity index (χ2n) is 10.3. The second kappa shape index (κ2) is 14.6. The summed E-state index contributed by atoms with van der Waals surface area (Å²) in [5, 5.41) is 71.7. The van der Waals surface area contributed by atoms with Crippen LogP contribution in [-0.2, 0) is 32.7 Å². The number of aliphatic hydroxyl groups excluding tert-OH is 6. The summed E-state index contributed by atoms with van der Waals surface area (Å²) < 4.78 is 33.6. The Morgan fingerprint density at radius 1 is 1.32 bits per heavy atom.